The highest BCUT2D eigenvalue weighted by Crippen LogP contribution is 2.39. The van der Waals surface area contributed by atoms with Gasteiger partial charge in [-0.2, -0.15) is 0 Å². The van der Waals surface area contributed by atoms with E-state index in [1.54, 1.807) is 0 Å². The number of hydrogen-bond acceptors (Lipinski definition) is 2. The molecule has 1 aliphatic heterocycles. The SMILES string of the molecule is CCNC(c1ccccc1C)c1cc(Cl)cc2c1OCC2. The number of benzene rings is 2. The van der Waals surface area contributed by atoms with Gasteiger partial charge in [-0.3, -0.25) is 0 Å². The average molecular weight is 302 g/mol. The normalized spacial score (nSPS) is 14.6. The number of halogens is 1. The molecule has 0 saturated heterocycles. The van der Waals surface area contributed by atoms with Crippen LogP contribution in [-0.4, -0.2) is 13.2 Å². The second-order valence-electron chi connectivity index (χ2n) is 5.43. The average Bonchev–Trinajstić information content (AvgIpc) is 2.93. The molecule has 2 aromatic rings. The Labute approximate surface area is 131 Å². The van der Waals surface area contributed by atoms with Crippen LogP contribution in [0.25, 0.3) is 0 Å². The second-order valence-corrected chi connectivity index (χ2v) is 5.87. The van der Waals surface area contributed by atoms with Gasteiger partial charge in [0.15, 0.2) is 0 Å². The van der Waals surface area contributed by atoms with Crippen molar-refractivity contribution in [1.82, 2.24) is 5.32 Å². The Balaban J connectivity index is 2.13. The molecule has 2 aromatic carbocycles. The monoisotopic (exact) mass is 301 g/mol. The maximum absolute atomic E-state index is 6.32. The fourth-order valence-electron chi connectivity index (χ4n) is 3.01. The highest BCUT2D eigenvalue weighted by molar-refractivity contribution is 6.30. The molecular weight excluding hydrogens is 282 g/mol. The van der Waals surface area contributed by atoms with Gasteiger partial charge in [-0.15, -0.1) is 0 Å². The lowest BCUT2D eigenvalue weighted by Gasteiger charge is -2.23. The van der Waals surface area contributed by atoms with E-state index in [1.165, 1.54) is 16.7 Å². The molecule has 1 heterocycles. The molecule has 0 aromatic heterocycles. The molecule has 3 rings (SSSR count). The minimum atomic E-state index is 0.113. The van der Waals surface area contributed by atoms with Gasteiger partial charge < -0.3 is 10.1 Å². The van der Waals surface area contributed by atoms with E-state index in [9.17, 15) is 0 Å². The topological polar surface area (TPSA) is 21.3 Å². The van der Waals surface area contributed by atoms with Crippen LogP contribution in [0.4, 0.5) is 0 Å². The van der Waals surface area contributed by atoms with Gasteiger partial charge in [0.2, 0.25) is 0 Å². The standard InChI is InChI=1S/C18H20ClNO/c1-3-20-17(15-7-5-4-6-12(15)2)16-11-14(19)10-13-8-9-21-18(13)16/h4-7,10-11,17,20H,3,8-9H2,1-2H3. The highest BCUT2D eigenvalue weighted by Gasteiger charge is 2.24. The van der Waals surface area contributed by atoms with E-state index in [1.807, 2.05) is 12.1 Å². The van der Waals surface area contributed by atoms with Crippen LogP contribution >= 0.6 is 11.6 Å². The van der Waals surface area contributed by atoms with Crippen LogP contribution in [0.1, 0.15) is 35.2 Å². The lowest BCUT2D eigenvalue weighted by atomic mass is 9.93. The summed E-state index contributed by atoms with van der Waals surface area (Å²) in [6, 6.07) is 12.6. The molecule has 1 N–H and O–H groups in total. The van der Waals surface area contributed by atoms with Crippen LogP contribution in [-0.2, 0) is 6.42 Å². The Hall–Kier alpha value is -1.51. The van der Waals surface area contributed by atoms with Crippen molar-refractivity contribution in [2.75, 3.05) is 13.2 Å². The summed E-state index contributed by atoms with van der Waals surface area (Å²) in [6.07, 6.45) is 0.940. The molecular formula is C18H20ClNO. The Kier molecular flexibility index (Phi) is 4.18. The smallest absolute Gasteiger partial charge is 0.127 e. The molecule has 1 unspecified atom stereocenters. The van der Waals surface area contributed by atoms with E-state index in [0.717, 1.165) is 35.9 Å². The highest BCUT2D eigenvalue weighted by atomic mass is 35.5. The largest absolute Gasteiger partial charge is 0.493 e. The van der Waals surface area contributed by atoms with Crippen molar-refractivity contribution < 1.29 is 4.74 Å². The molecule has 1 atom stereocenters. The molecule has 0 spiro atoms. The molecule has 0 fully saturated rings. The van der Waals surface area contributed by atoms with Gasteiger partial charge in [0.25, 0.3) is 0 Å². The van der Waals surface area contributed by atoms with Crippen LogP contribution < -0.4 is 10.1 Å². The molecule has 0 saturated carbocycles. The molecule has 2 nitrogen and oxygen atoms in total. The second kappa shape index (κ2) is 6.08. The first-order chi connectivity index (χ1) is 10.2. The summed E-state index contributed by atoms with van der Waals surface area (Å²) in [7, 11) is 0. The summed E-state index contributed by atoms with van der Waals surface area (Å²) in [5.74, 6) is 1.01. The predicted molar refractivity (Wildman–Crippen MR) is 87.3 cm³/mol. The summed E-state index contributed by atoms with van der Waals surface area (Å²) in [5.41, 5.74) is 4.91. The van der Waals surface area contributed by atoms with Crippen LogP contribution in [0.15, 0.2) is 36.4 Å². The Bertz CT molecular complexity index is 654. The van der Waals surface area contributed by atoms with Gasteiger partial charge >= 0.3 is 0 Å². The van der Waals surface area contributed by atoms with Crippen molar-refractivity contribution >= 4 is 11.6 Å². The van der Waals surface area contributed by atoms with Gasteiger partial charge in [-0.05, 0) is 42.3 Å². The molecule has 0 bridgehead atoms. The third-order valence-electron chi connectivity index (χ3n) is 4.00. The van der Waals surface area contributed by atoms with Gasteiger partial charge in [0, 0.05) is 17.0 Å². The first kappa shape index (κ1) is 14.4. The van der Waals surface area contributed by atoms with Crippen molar-refractivity contribution in [2.24, 2.45) is 0 Å². The first-order valence-electron chi connectivity index (χ1n) is 7.44. The van der Waals surface area contributed by atoms with Crippen molar-refractivity contribution in [3.63, 3.8) is 0 Å². The zero-order chi connectivity index (χ0) is 14.8. The Morgan fingerprint density at radius 1 is 1.24 bits per heavy atom. The van der Waals surface area contributed by atoms with Gasteiger partial charge in [0.1, 0.15) is 5.75 Å². The fourth-order valence-corrected chi connectivity index (χ4v) is 3.26. The molecule has 0 amide bonds. The molecule has 3 heteroatoms. The molecule has 0 radical (unpaired) electrons. The van der Waals surface area contributed by atoms with Gasteiger partial charge in [-0.1, -0.05) is 42.8 Å². The Morgan fingerprint density at radius 3 is 2.81 bits per heavy atom. The van der Waals surface area contributed by atoms with Crippen molar-refractivity contribution in [3.8, 4) is 5.75 Å². The maximum Gasteiger partial charge on any atom is 0.127 e. The number of ether oxygens (including phenoxy) is 1. The van der Waals surface area contributed by atoms with Crippen molar-refractivity contribution in [3.05, 3.63) is 63.7 Å². The zero-order valence-electron chi connectivity index (χ0n) is 12.4. The predicted octanol–water partition coefficient (Wildman–Crippen LogP) is 4.28. The molecule has 110 valence electrons. The lowest BCUT2D eigenvalue weighted by Crippen LogP contribution is -2.23. The van der Waals surface area contributed by atoms with Crippen LogP contribution in [0.2, 0.25) is 5.02 Å². The molecule has 21 heavy (non-hydrogen) atoms. The number of rotatable bonds is 4. The van der Waals surface area contributed by atoms with E-state index < -0.39 is 0 Å². The first-order valence-corrected chi connectivity index (χ1v) is 7.82. The summed E-state index contributed by atoms with van der Waals surface area (Å²) in [6.45, 7) is 5.90. The van der Waals surface area contributed by atoms with Crippen molar-refractivity contribution in [2.45, 2.75) is 26.3 Å². The van der Waals surface area contributed by atoms with E-state index in [2.05, 4.69) is 43.4 Å². The Morgan fingerprint density at radius 2 is 2.05 bits per heavy atom. The van der Waals surface area contributed by atoms with Crippen molar-refractivity contribution in [1.29, 1.82) is 0 Å². The van der Waals surface area contributed by atoms with Crippen LogP contribution in [0.3, 0.4) is 0 Å². The molecule has 0 aliphatic carbocycles. The summed E-state index contributed by atoms with van der Waals surface area (Å²) >= 11 is 6.32. The fraction of sp³-hybridized carbons (Fsp3) is 0.333. The zero-order valence-corrected chi connectivity index (χ0v) is 13.2. The number of fused-ring (bicyclic) bond motifs is 1. The summed E-state index contributed by atoms with van der Waals surface area (Å²) in [4.78, 5) is 0. The van der Waals surface area contributed by atoms with Crippen LogP contribution in [0, 0.1) is 6.92 Å². The lowest BCUT2D eigenvalue weighted by molar-refractivity contribution is 0.350. The third-order valence-corrected chi connectivity index (χ3v) is 4.21. The van der Waals surface area contributed by atoms with E-state index in [-0.39, 0.29) is 6.04 Å². The third kappa shape index (κ3) is 2.78. The van der Waals surface area contributed by atoms with E-state index >= 15 is 0 Å². The summed E-state index contributed by atoms with van der Waals surface area (Å²) in [5, 5.41) is 4.36. The number of hydrogen-bond donors (Lipinski definition) is 1. The van der Waals surface area contributed by atoms with Gasteiger partial charge in [-0.25, -0.2) is 0 Å². The summed E-state index contributed by atoms with van der Waals surface area (Å²) < 4.78 is 5.87. The molecule has 1 aliphatic rings. The minimum absolute atomic E-state index is 0.113. The minimum Gasteiger partial charge on any atom is -0.493 e. The van der Waals surface area contributed by atoms with Gasteiger partial charge in [0.05, 0.1) is 12.6 Å². The number of nitrogens with one attached hydrogen (secondary N) is 1. The maximum atomic E-state index is 6.32. The van der Waals surface area contributed by atoms with E-state index in [0.29, 0.717) is 0 Å². The van der Waals surface area contributed by atoms with E-state index in [4.69, 9.17) is 16.3 Å². The number of aryl methyl sites for hydroxylation is 1. The van der Waals surface area contributed by atoms with Crippen LogP contribution in [0.5, 0.6) is 5.75 Å². The quantitative estimate of drug-likeness (QED) is 0.910.